The number of nitrogens with zero attached hydrogens (tertiary/aromatic N) is 2. The number of para-hydroxylation sites is 2. The van der Waals surface area contributed by atoms with E-state index in [-0.39, 0.29) is 11.8 Å². The third-order valence-corrected chi connectivity index (χ3v) is 5.96. The second kappa shape index (κ2) is 5.60. The van der Waals surface area contributed by atoms with Gasteiger partial charge in [-0.3, -0.25) is 4.79 Å². The van der Waals surface area contributed by atoms with Crippen LogP contribution in [0.5, 0.6) is 0 Å². The first-order valence-corrected chi connectivity index (χ1v) is 9.17. The predicted molar refractivity (Wildman–Crippen MR) is 98.3 cm³/mol. The minimum Gasteiger partial charge on any atom is -0.389 e. The Hall–Kier alpha value is -2.33. The number of amides is 1. The van der Waals surface area contributed by atoms with Crippen molar-refractivity contribution in [3.8, 4) is 0 Å². The van der Waals surface area contributed by atoms with Crippen LogP contribution in [0.25, 0.3) is 21.8 Å². The van der Waals surface area contributed by atoms with Gasteiger partial charge in [0.2, 0.25) is 5.91 Å². The lowest BCUT2D eigenvalue weighted by atomic mass is 10.1. The third kappa shape index (κ3) is 2.28. The van der Waals surface area contributed by atoms with E-state index in [4.69, 9.17) is 0 Å². The highest BCUT2D eigenvalue weighted by Crippen LogP contribution is 2.38. The molecule has 1 N–H and O–H groups in total. The van der Waals surface area contributed by atoms with Crippen molar-refractivity contribution in [3.05, 3.63) is 48.5 Å². The Morgan fingerprint density at radius 1 is 0.960 bits per heavy atom. The van der Waals surface area contributed by atoms with Gasteiger partial charge in [-0.2, -0.15) is 0 Å². The first kappa shape index (κ1) is 15.0. The van der Waals surface area contributed by atoms with E-state index in [9.17, 15) is 9.90 Å². The molecule has 2 aliphatic rings. The van der Waals surface area contributed by atoms with E-state index in [1.807, 2.05) is 17.0 Å². The lowest BCUT2D eigenvalue weighted by molar-refractivity contribution is -0.135. The monoisotopic (exact) mass is 334 g/mol. The zero-order valence-electron chi connectivity index (χ0n) is 14.1. The summed E-state index contributed by atoms with van der Waals surface area (Å²) in [6, 6.07) is 17.0. The zero-order chi connectivity index (χ0) is 17.0. The Morgan fingerprint density at radius 3 is 2.20 bits per heavy atom. The molecule has 2 heterocycles. The minimum atomic E-state index is -0.553. The molecule has 128 valence electrons. The van der Waals surface area contributed by atoms with Crippen molar-refractivity contribution in [2.45, 2.75) is 38.0 Å². The largest absolute Gasteiger partial charge is 0.389 e. The topological polar surface area (TPSA) is 45.5 Å². The Kier molecular flexibility index (Phi) is 3.35. The van der Waals surface area contributed by atoms with E-state index in [1.165, 1.54) is 10.8 Å². The van der Waals surface area contributed by atoms with Crippen molar-refractivity contribution < 1.29 is 9.90 Å². The molecule has 0 spiro atoms. The molecule has 1 aromatic heterocycles. The molecule has 0 unspecified atom stereocenters. The van der Waals surface area contributed by atoms with Gasteiger partial charge in [0.1, 0.15) is 0 Å². The average molecular weight is 334 g/mol. The van der Waals surface area contributed by atoms with E-state index in [0.717, 1.165) is 30.3 Å². The van der Waals surface area contributed by atoms with Crippen molar-refractivity contribution in [1.29, 1.82) is 0 Å². The smallest absolute Gasteiger partial charge is 0.226 e. The molecule has 2 fully saturated rings. The van der Waals surface area contributed by atoms with Crippen LogP contribution < -0.4 is 0 Å². The summed E-state index contributed by atoms with van der Waals surface area (Å²) in [4.78, 5) is 14.3. The maximum Gasteiger partial charge on any atom is 0.226 e. The number of fused-ring (bicyclic) bond motifs is 5. The Bertz CT molecular complexity index is 908. The molecule has 1 aliphatic carbocycles. The van der Waals surface area contributed by atoms with Gasteiger partial charge >= 0.3 is 0 Å². The number of rotatable bonds is 4. The van der Waals surface area contributed by atoms with Crippen LogP contribution in [0.4, 0.5) is 0 Å². The molecular weight excluding hydrogens is 312 g/mol. The number of aromatic nitrogens is 1. The van der Waals surface area contributed by atoms with Crippen LogP contribution in [-0.4, -0.2) is 39.2 Å². The minimum absolute atomic E-state index is 0.213. The molecule has 5 rings (SSSR count). The first-order valence-electron chi connectivity index (χ1n) is 9.17. The summed E-state index contributed by atoms with van der Waals surface area (Å²) in [5, 5.41) is 13.2. The van der Waals surface area contributed by atoms with E-state index < -0.39 is 6.10 Å². The molecule has 3 aromatic rings. The number of aliphatic hydroxyl groups excluding tert-OH is 1. The van der Waals surface area contributed by atoms with E-state index >= 15 is 0 Å². The number of carbonyl (C=O) groups is 1. The SMILES string of the molecule is O=C1[C@@H]2CC[C@@H](C2)N1C[C@H](O)Cn1c2ccccc2c2ccccc21. The van der Waals surface area contributed by atoms with Crippen LogP contribution >= 0.6 is 0 Å². The number of aliphatic hydroxyl groups is 1. The third-order valence-electron chi connectivity index (χ3n) is 5.96. The molecule has 1 saturated heterocycles. The Labute approximate surface area is 146 Å². The number of hydrogen-bond donors (Lipinski definition) is 1. The number of carbonyl (C=O) groups excluding carboxylic acids is 1. The van der Waals surface area contributed by atoms with Crippen LogP contribution in [0.1, 0.15) is 19.3 Å². The van der Waals surface area contributed by atoms with Crippen LogP contribution in [-0.2, 0) is 11.3 Å². The van der Waals surface area contributed by atoms with Crippen LogP contribution in [0.2, 0.25) is 0 Å². The molecule has 1 saturated carbocycles. The molecule has 2 bridgehead atoms. The number of β-amino-alcohol motifs (C(OH)–C–C–N with tert-alkyl or cyclic N) is 1. The summed E-state index contributed by atoms with van der Waals surface area (Å²) in [5.74, 6) is 0.461. The predicted octanol–water partition coefficient (Wildman–Crippen LogP) is 3.17. The van der Waals surface area contributed by atoms with E-state index in [2.05, 4.69) is 41.0 Å². The Morgan fingerprint density at radius 2 is 1.60 bits per heavy atom. The lowest BCUT2D eigenvalue weighted by Gasteiger charge is -2.29. The molecule has 4 heteroatoms. The van der Waals surface area contributed by atoms with Crippen LogP contribution in [0.3, 0.4) is 0 Å². The van der Waals surface area contributed by atoms with Gasteiger partial charge < -0.3 is 14.6 Å². The molecule has 3 atom stereocenters. The van der Waals surface area contributed by atoms with Gasteiger partial charge in [-0.1, -0.05) is 36.4 Å². The van der Waals surface area contributed by atoms with Crippen molar-refractivity contribution in [3.63, 3.8) is 0 Å². The molecule has 1 aliphatic heterocycles. The maximum absolute atomic E-state index is 12.3. The molecular formula is C21H22N2O2. The van der Waals surface area contributed by atoms with E-state index in [0.29, 0.717) is 19.1 Å². The highest BCUT2D eigenvalue weighted by atomic mass is 16.3. The van der Waals surface area contributed by atoms with Gasteiger partial charge in [-0.05, 0) is 31.4 Å². The number of hydrogen-bond acceptors (Lipinski definition) is 2. The van der Waals surface area contributed by atoms with Crippen molar-refractivity contribution in [1.82, 2.24) is 9.47 Å². The maximum atomic E-state index is 12.3. The van der Waals surface area contributed by atoms with Crippen molar-refractivity contribution in [2.24, 2.45) is 5.92 Å². The number of piperidine rings is 1. The fourth-order valence-corrected chi connectivity index (χ4v) is 4.81. The number of benzene rings is 2. The van der Waals surface area contributed by atoms with Gasteiger partial charge in [0.05, 0.1) is 12.6 Å². The Balaban J connectivity index is 1.46. The molecule has 25 heavy (non-hydrogen) atoms. The normalized spacial score (nSPS) is 23.9. The van der Waals surface area contributed by atoms with Crippen LogP contribution in [0.15, 0.2) is 48.5 Å². The van der Waals surface area contributed by atoms with Gasteiger partial charge in [-0.25, -0.2) is 0 Å². The molecule has 2 aromatic carbocycles. The highest BCUT2D eigenvalue weighted by Gasteiger charge is 2.44. The second-order valence-corrected chi connectivity index (χ2v) is 7.45. The second-order valence-electron chi connectivity index (χ2n) is 7.45. The summed E-state index contributed by atoms with van der Waals surface area (Å²) < 4.78 is 2.19. The molecule has 4 nitrogen and oxygen atoms in total. The van der Waals surface area contributed by atoms with Gasteiger partial charge in [-0.15, -0.1) is 0 Å². The number of likely N-dealkylation sites (tertiary alicyclic amines) is 1. The van der Waals surface area contributed by atoms with Crippen molar-refractivity contribution in [2.75, 3.05) is 6.54 Å². The summed E-state index contributed by atoms with van der Waals surface area (Å²) in [5.41, 5.74) is 2.27. The summed E-state index contributed by atoms with van der Waals surface area (Å²) >= 11 is 0. The fraction of sp³-hybridized carbons (Fsp3) is 0.381. The standard InChI is InChI=1S/C21H22N2O2/c24-16(12-22-15-10-9-14(11-15)21(22)25)13-23-19-7-3-1-5-17(19)18-6-2-4-8-20(18)23/h1-8,14-16,24H,9-13H2/t14-,15+,16+/m1/s1. The van der Waals surface area contributed by atoms with Gasteiger partial charge in [0.15, 0.2) is 0 Å². The summed E-state index contributed by atoms with van der Waals surface area (Å²) in [7, 11) is 0. The fourth-order valence-electron chi connectivity index (χ4n) is 4.81. The van der Waals surface area contributed by atoms with Crippen molar-refractivity contribution >= 4 is 27.7 Å². The molecule has 1 amide bonds. The van der Waals surface area contributed by atoms with Gasteiger partial charge in [0, 0.05) is 40.3 Å². The zero-order valence-corrected chi connectivity index (χ0v) is 14.1. The average Bonchev–Trinajstić information content (AvgIpc) is 3.31. The van der Waals surface area contributed by atoms with E-state index in [1.54, 1.807) is 0 Å². The van der Waals surface area contributed by atoms with Crippen LogP contribution in [0, 0.1) is 5.92 Å². The first-order chi connectivity index (χ1) is 12.2. The van der Waals surface area contributed by atoms with Gasteiger partial charge in [0.25, 0.3) is 0 Å². The quantitative estimate of drug-likeness (QED) is 0.796. The summed E-state index contributed by atoms with van der Waals surface area (Å²) in [6.07, 6.45) is 2.56. The lowest BCUT2D eigenvalue weighted by Crippen LogP contribution is -2.43. The summed E-state index contributed by atoms with van der Waals surface area (Å²) in [6.45, 7) is 0.954. The molecule has 0 radical (unpaired) electrons. The highest BCUT2D eigenvalue weighted by molar-refractivity contribution is 6.07.